The van der Waals surface area contributed by atoms with E-state index in [1.54, 1.807) is 0 Å². The van der Waals surface area contributed by atoms with Gasteiger partial charge in [0, 0.05) is 19.5 Å². The van der Waals surface area contributed by atoms with Crippen LogP contribution in [0.1, 0.15) is 59.3 Å². The molecule has 1 atom stereocenters. The van der Waals surface area contributed by atoms with E-state index in [1.807, 2.05) is 25.7 Å². The minimum Gasteiger partial charge on any atom is -0.444 e. The largest absolute Gasteiger partial charge is 0.444 e. The summed E-state index contributed by atoms with van der Waals surface area (Å²) in [4.78, 5) is 25.9. The fourth-order valence-corrected chi connectivity index (χ4v) is 2.95. The third-order valence-corrected chi connectivity index (χ3v) is 4.03. The highest BCUT2D eigenvalue weighted by Gasteiger charge is 2.29. The number of ether oxygens (including phenoxy) is 1. The molecule has 0 unspecified atom stereocenters. The molecule has 5 nitrogen and oxygen atoms in total. The standard InChI is InChI=1S/C17H28N2O3/c1-17(2,3)22-16(21)18-14-9-10-19(12-14)15(20)11-13-7-5-4-6-8-13/h7,14H,4-6,8-12H2,1-3H3,(H,18,21)/t14-/m1/s1. The fraction of sp³-hybridized carbons (Fsp3) is 0.765. The summed E-state index contributed by atoms with van der Waals surface area (Å²) >= 11 is 0. The van der Waals surface area contributed by atoms with Crippen LogP contribution >= 0.6 is 0 Å². The number of hydrogen-bond acceptors (Lipinski definition) is 3. The van der Waals surface area contributed by atoms with Crippen molar-refractivity contribution in [1.82, 2.24) is 10.2 Å². The lowest BCUT2D eigenvalue weighted by Crippen LogP contribution is -2.41. The van der Waals surface area contributed by atoms with E-state index in [2.05, 4.69) is 11.4 Å². The Balaban J connectivity index is 1.76. The molecule has 1 aliphatic carbocycles. The number of nitrogens with zero attached hydrogens (tertiary/aromatic N) is 1. The van der Waals surface area contributed by atoms with Gasteiger partial charge >= 0.3 is 6.09 Å². The zero-order valence-electron chi connectivity index (χ0n) is 14.0. The van der Waals surface area contributed by atoms with Crippen molar-refractivity contribution in [1.29, 1.82) is 0 Å². The van der Waals surface area contributed by atoms with Crippen LogP contribution < -0.4 is 5.32 Å². The first-order valence-electron chi connectivity index (χ1n) is 8.29. The van der Waals surface area contributed by atoms with Crippen LogP contribution in [0, 0.1) is 0 Å². The van der Waals surface area contributed by atoms with Crippen LogP contribution in [0.2, 0.25) is 0 Å². The van der Waals surface area contributed by atoms with Crippen LogP contribution in [0.3, 0.4) is 0 Å². The number of likely N-dealkylation sites (tertiary alicyclic amines) is 1. The van der Waals surface area contributed by atoms with Gasteiger partial charge in [-0.3, -0.25) is 4.79 Å². The normalized spacial score (nSPS) is 22.2. The second-order valence-electron chi connectivity index (χ2n) is 7.26. The van der Waals surface area contributed by atoms with E-state index in [1.165, 1.54) is 18.4 Å². The monoisotopic (exact) mass is 308 g/mol. The van der Waals surface area contributed by atoms with Crippen molar-refractivity contribution in [2.75, 3.05) is 13.1 Å². The third kappa shape index (κ3) is 5.35. The van der Waals surface area contributed by atoms with Crippen molar-refractivity contribution in [3.8, 4) is 0 Å². The summed E-state index contributed by atoms with van der Waals surface area (Å²) in [5, 5.41) is 2.85. The molecule has 0 saturated carbocycles. The van der Waals surface area contributed by atoms with Crippen molar-refractivity contribution in [2.45, 2.75) is 70.9 Å². The molecule has 2 amide bonds. The number of rotatable bonds is 3. The van der Waals surface area contributed by atoms with E-state index in [4.69, 9.17) is 4.74 Å². The summed E-state index contributed by atoms with van der Waals surface area (Å²) in [6.07, 6.45) is 7.74. The minimum atomic E-state index is -0.494. The lowest BCUT2D eigenvalue weighted by molar-refractivity contribution is -0.129. The Morgan fingerprint density at radius 2 is 2.14 bits per heavy atom. The molecule has 0 spiro atoms. The van der Waals surface area contributed by atoms with Gasteiger partial charge in [0.15, 0.2) is 0 Å². The minimum absolute atomic E-state index is 0.000801. The van der Waals surface area contributed by atoms with E-state index in [0.717, 1.165) is 19.3 Å². The Morgan fingerprint density at radius 3 is 2.77 bits per heavy atom. The fourth-order valence-electron chi connectivity index (χ4n) is 2.95. The first-order chi connectivity index (χ1) is 10.3. The molecule has 0 aromatic heterocycles. The zero-order chi connectivity index (χ0) is 16.2. The number of allylic oxidation sites excluding steroid dienone is 1. The van der Waals surface area contributed by atoms with Gasteiger partial charge in [0.05, 0.1) is 6.04 Å². The lowest BCUT2D eigenvalue weighted by Gasteiger charge is -2.22. The van der Waals surface area contributed by atoms with Gasteiger partial charge in [-0.1, -0.05) is 11.6 Å². The third-order valence-electron chi connectivity index (χ3n) is 4.03. The van der Waals surface area contributed by atoms with E-state index < -0.39 is 11.7 Å². The molecule has 0 aromatic carbocycles. The Hall–Kier alpha value is -1.52. The van der Waals surface area contributed by atoms with E-state index >= 15 is 0 Å². The van der Waals surface area contributed by atoms with Gasteiger partial charge in [-0.25, -0.2) is 4.79 Å². The van der Waals surface area contributed by atoms with Gasteiger partial charge in [0.1, 0.15) is 5.60 Å². The van der Waals surface area contributed by atoms with Crippen molar-refractivity contribution < 1.29 is 14.3 Å². The van der Waals surface area contributed by atoms with Crippen LogP contribution in [0.5, 0.6) is 0 Å². The SMILES string of the molecule is CC(C)(C)OC(=O)N[C@@H]1CCN(C(=O)CC2=CCCCC2)C1. The average molecular weight is 308 g/mol. The quantitative estimate of drug-likeness (QED) is 0.815. The van der Waals surface area contributed by atoms with Gasteiger partial charge in [0.2, 0.25) is 5.91 Å². The molecule has 0 bridgehead atoms. The average Bonchev–Trinajstić information content (AvgIpc) is 2.86. The molecule has 5 heteroatoms. The highest BCUT2D eigenvalue weighted by Crippen LogP contribution is 2.22. The molecule has 1 aliphatic heterocycles. The van der Waals surface area contributed by atoms with Gasteiger partial charge in [0.25, 0.3) is 0 Å². The number of nitrogens with one attached hydrogen (secondary N) is 1. The Kier molecular flexibility index (Phi) is 5.48. The molecule has 22 heavy (non-hydrogen) atoms. The predicted octanol–water partition coefficient (Wildman–Crippen LogP) is 3.00. The smallest absolute Gasteiger partial charge is 0.407 e. The molecule has 124 valence electrons. The summed E-state index contributed by atoms with van der Waals surface area (Å²) in [5.41, 5.74) is 0.783. The number of hydrogen-bond donors (Lipinski definition) is 1. The van der Waals surface area contributed by atoms with Crippen molar-refractivity contribution in [3.63, 3.8) is 0 Å². The first-order valence-corrected chi connectivity index (χ1v) is 8.29. The van der Waals surface area contributed by atoms with Crippen LogP contribution in [0.4, 0.5) is 4.79 Å². The Morgan fingerprint density at radius 1 is 1.36 bits per heavy atom. The van der Waals surface area contributed by atoms with E-state index in [-0.39, 0.29) is 11.9 Å². The number of carbonyl (C=O) groups is 2. The lowest BCUT2D eigenvalue weighted by atomic mass is 9.97. The molecular formula is C17H28N2O3. The maximum atomic E-state index is 12.3. The van der Waals surface area contributed by atoms with Gasteiger partial charge in [-0.05, 0) is 52.9 Å². The van der Waals surface area contributed by atoms with Crippen molar-refractivity contribution in [3.05, 3.63) is 11.6 Å². The second kappa shape index (κ2) is 7.16. The van der Waals surface area contributed by atoms with Crippen LogP contribution in [-0.2, 0) is 9.53 Å². The van der Waals surface area contributed by atoms with Gasteiger partial charge in [-0.15, -0.1) is 0 Å². The number of carbonyl (C=O) groups excluding carboxylic acids is 2. The summed E-state index contributed by atoms with van der Waals surface area (Å²) in [7, 11) is 0. The highest BCUT2D eigenvalue weighted by atomic mass is 16.6. The summed E-state index contributed by atoms with van der Waals surface area (Å²) in [6, 6.07) is -0.000801. The summed E-state index contributed by atoms with van der Waals surface area (Å²) < 4.78 is 5.25. The first kappa shape index (κ1) is 16.8. The van der Waals surface area contributed by atoms with Crippen LogP contribution in [-0.4, -0.2) is 41.6 Å². The van der Waals surface area contributed by atoms with Gasteiger partial charge < -0.3 is 15.0 Å². The summed E-state index contributed by atoms with van der Waals surface area (Å²) in [6.45, 7) is 6.83. The summed E-state index contributed by atoms with van der Waals surface area (Å²) in [5.74, 6) is 0.182. The van der Waals surface area contributed by atoms with Crippen LogP contribution in [0.15, 0.2) is 11.6 Å². The molecule has 1 fully saturated rings. The molecule has 1 heterocycles. The highest BCUT2D eigenvalue weighted by molar-refractivity contribution is 5.79. The van der Waals surface area contributed by atoms with Crippen molar-refractivity contribution in [2.24, 2.45) is 0 Å². The molecule has 1 N–H and O–H groups in total. The molecule has 0 aromatic rings. The number of amides is 2. The second-order valence-corrected chi connectivity index (χ2v) is 7.26. The van der Waals surface area contributed by atoms with E-state index in [9.17, 15) is 9.59 Å². The topological polar surface area (TPSA) is 58.6 Å². The molecule has 2 aliphatic rings. The number of alkyl carbamates (subject to hydrolysis) is 1. The maximum Gasteiger partial charge on any atom is 0.407 e. The molecule has 2 rings (SSSR count). The Bertz CT molecular complexity index is 451. The van der Waals surface area contributed by atoms with Crippen molar-refractivity contribution >= 4 is 12.0 Å². The van der Waals surface area contributed by atoms with Crippen LogP contribution in [0.25, 0.3) is 0 Å². The predicted molar refractivity (Wildman–Crippen MR) is 85.5 cm³/mol. The molecule has 1 saturated heterocycles. The zero-order valence-corrected chi connectivity index (χ0v) is 14.0. The Labute approximate surface area is 133 Å². The van der Waals surface area contributed by atoms with Gasteiger partial charge in [-0.2, -0.15) is 0 Å². The molecule has 0 radical (unpaired) electrons. The molecular weight excluding hydrogens is 280 g/mol. The maximum absolute atomic E-state index is 12.3. The van der Waals surface area contributed by atoms with E-state index in [0.29, 0.717) is 19.5 Å².